The molecular weight excluding hydrogens is 329 g/mol. The third-order valence-electron chi connectivity index (χ3n) is 3.54. The number of nitrogens with zero attached hydrogens (tertiary/aromatic N) is 4. The summed E-state index contributed by atoms with van der Waals surface area (Å²) in [7, 11) is 0. The van der Waals surface area contributed by atoms with E-state index in [-0.39, 0.29) is 12.0 Å². The van der Waals surface area contributed by atoms with Crippen LogP contribution >= 0.6 is 11.5 Å². The van der Waals surface area contributed by atoms with Crippen molar-refractivity contribution >= 4 is 16.7 Å². The van der Waals surface area contributed by atoms with Crippen LogP contribution in [0.25, 0.3) is 0 Å². The highest BCUT2D eigenvalue weighted by atomic mass is 32.1. The summed E-state index contributed by atoms with van der Waals surface area (Å²) in [5, 5.41) is 0.855. The minimum absolute atomic E-state index is 0.117. The predicted molar refractivity (Wildman–Crippen MR) is 79.8 cm³/mol. The number of rotatable bonds is 4. The number of hydrogen-bond acceptors (Lipinski definition) is 6. The van der Waals surface area contributed by atoms with E-state index in [9.17, 15) is 13.2 Å². The van der Waals surface area contributed by atoms with Crippen molar-refractivity contribution < 1.29 is 17.9 Å². The van der Waals surface area contributed by atoms with Gasteiger partial charge in [0.1, 0.15) is 11.9 Å². The minimum Gasteiger partial charge on any atom is -0.472 e. The Morgan fingerprint density at radius 1 is 1.39 bits per heavy atom. The van der Waals surface area contributed by atoms with E-state index in [1.807, 2.05) is 6.92 Å². The van der Waals surface area contributed by atoms with Gasteiger partial charge in [-0.3, -0.25) is 0 Å². The molecule has 1 atom stereocenters. The first-order valence-corrected chi connectivity index (χ1v) is 8.00. The molecular formula is C14H15F3N4OS. The van der Waals surface area contributed by atoms with Crippen LogP contribution in [0, 0.1) is 0 Å². The van der Waals surface area contributed by atoms with Gasteiger partial charge in [-0.15, -0.1) is 0 Å². The molecule has 0 radical (unpaired) electrons. The van der Waals surface area contributed by atoms with Gasteiger partial charge in [0.05, 0.1) is 12.1 Å². The molecule has 0 saturated carbocycles. The number of aromatic nitrogens is 3. The van der Waals surface area contributed by atoms with Crippen LogP contribution < -0.4 is 9.64 Å². The lowest BCUT2D eigenvalue weighted by molar-refractivity contribution is -0.137. The van der Waals surface area contributed by atoms with E-state index in [2.05, 4.69) is 19.2 Å². The van der Waals surface area contributed by atoms with Crippen LogP contribution in [0.3, 0.4) is 0 Å². The number of ether oxygens (including phenoxy) is 1. The van der Waals surface area contributed by atoms with Gasteiger partial charge in [0.15, 0.2) is 0 Å². The Kier molecular flexibility index (Phi) is 4.38. The predicted octanol–water partition coefficient (Wildman–Crippen LogP) is 3.17. The van der Waals surface area contributed by atoms with Gasteiger partial charge in [0, 0.05) is 43.2 Å². The maximum absolute atomic E-state index is 12.5. The molecule has 124 valence electrons. The molecule has 5 nitrogen and oxygen atoms in total. The number of halogens is 3. The van der Waals surface area contributed by atoms with Gasteiger partial charge in [-0.05, 0) is 6.07 Å². The van der Waals surface area contributed by atoms with E-state index in [0.717, 1.165) is 42.6 Å². The first-order chi connectivity index (χ1) is 11.0. The first kappa shape index (κ1) is 16.0. The number of hydrogen-bond donors (Lipinski definition) is 0. The standard InChI is InChI=1S/C14H15F3N4OS/c1-2-11-19-13(23-20-11)21-6-5-10(8-21)22-12-4-3-9(7-18-12)14(15,16)17/h3-4,7,10H,2,5-6,8H2,1H3. The fraction of sp³-hybridized carbons (Fsp3) is 0.500. The fourth-order valence-electron chi connectivity index (χ4n) is 2.30. The normalized spacial score (nSPS) is 18.4. The molecule has 9 heteroatoms. The molecule has 2 aromatic rings. The molecule has 0 aliphatic carbocycles. The third kappa shape index (κ3) is 3.72. The molecule has 1 saturated heterocycles. The molecule has 1 fully saturated rings. The third-order valence-corrected chi connectivity index (χ3v) is 4.36. The maximum atomic E-state index is 12.5. The second kappa shape index (κ2) is 6.31. The first-order valence-electron chi connectivity index (χ1n) is 7.23. The van der Waals surface area contributed by atoms with E-state index < -0.39 is 11.7 Å². The van der Waals surface area contributed by atoms with Gasteiger partial charge >= 0.3 is 6.18 Å². The number of alkyl halides is 3. The molecule has 2 aromatic heterocycles. The van der Waals surface area contributed by atoms with E-state index in [1.54, 1.807) is 0 Å². The van der Waals surface area contributed by atoms with E-state index >= 15 is 0 Å². The van der Waals surface area contributed by atoms with Gasteiger partial charge in [0.2, 0.25) is 11.0 Å². The summed E-state index contributed by atoms with van der Waals surface area (Å²) in [4.78, 5) is 10.2. The lowest BCUT2D eigenvalue weighted by Gasteiger charge is -2.15. The van der Waals surface area contributed by atoms with Gasteiger partial charge in [-0.1, -0.05) is 6.92 Å². The van der Waals surface area contributed by atoms with Crippen molar-refractivity contribution in [1.82, 2.24) is 14.3 Å². The monoisotopic (exact) mass is 344 g/mol. The number of aryl methyl sites for hydroxylation is 1. The second-order valence-corrected chi connectivity index (χ2v) is 5.93. The van der Waals surface area contributed by atoms with E-state index in [0.29, 0.717) is 6.54 Å². The quantitative estimate of drug-likeness (QED) is 0.853. The van der Waals surface area contributed by atoms with Crippen molar-refractivity contribution in [3.05, 3.63) is 29.7 Å². The van der Waals surface area contributed by atoms with Crippen LogP contribution in [-0.4, -0.2) is 33.5 Å². The molecule has 23 heavy (non-hydrogen) atoms. The molecule has 0 bridgehead atoms. The summed E-state index contributed by atoms with van der Waals surface area (Å²) in [6.07, 6.45) is -2.15. The second-order valence-electron chi connectivity index (χ2n) is 5.20. The highest BCUT2D eigenvalue weighted by Gasteiger charge is 2.31. The summed E-state index contributed by atoms with van der Waals surface area (Å²) in [5.74, 6) is 1.02. The smallest absolute Gasteiger partial charge is 0.417 e. The Morgan fingerprint density at radius 2 is 2.22 bits per heavy atom. The number of pyridine rings is 1. The molecule has 1 aliphatic rings. The summed E-state index contributed by atoms with van der Waals surface area (Å²) >= 11 is 1.35. The average molecular weight is 344 g/mol. The Labute approximate surface area is 135 Å². The Morgan fingerprint density at radius 3 is 2.83 bits per heavy atom. The molecule has 0 spiro atoms. The molecule has 3 heterocycles. The van der Waals surface area contributed by atoms with Gasteiger partial charge < -0.3 is 9.64 Å². The molecule has 0 aromatic carbocycles. The molecule has 0 amide bonds. The van der Waals surface area contributed by atoms with Crippen LogP contribution in [0.2, 0.25) is 0 Å². The van der Waals surface area contributed by atoms with Crippen LogP contribution in [0.5, 0.6) is 5.88 Å². The van der Waals surface area contributed by atoms with E-state index in [4.69, 9.17) is 4.74 Å². The van der Waals surface area contributed by atoms with Crippen molar-refractivity contribution in [2.45, 2.75) is 32.0 Å². The van der Waals surface area contributed by atoms with Crippen molar-refractivity contribution in [2.24, 2.45) is 0 Å². The van der Waals surface area contributed by atoms with Crippen molar-refractivity contribution in [3.8, 4) is 5.88 Å². The van der Waals surface area contributed by atoms with Crippen molar-refractivity contribution in [1.29, 1.82) is 0 Å². The number of anilines is 1. The van der Waals surface area contributed by atoms with Crippen LogP contribution in [0.1, 0.15) is 24.7 Å². The van der Waals surface area contributed by atoms with E-state index in [1.165, 1.54) is 17.6 Å². The highest BCUT2D eigenvalue weighted by molar-refractivity contribution is 7.09. The van der Waals surface area contributed by atoms with Crippen molar-refractivity contribution in [3.63, 3.8) is 0 Å². The van der Waals surface area contributed by atoms with Crippen LogP contribution in [0.15, 0.2) is 18.3 Å². The summed E-state index contributed by atoms with van der Waals surface area (Å²) in [6.45, 7) is 3.41. The maximum Gasteiger partial charge on any atom is 0.417 e. The SMILES string of the molecule is CCc1nsc(N2CCC(Oc3ccc(C(F)(F)F)cn3)C2)n1. The molecule has 0 N–H and O–H groups in total. The summed E-state index contributed by atoms with van der Waals surface area (Å²) in [5.41, 5.74) is -0.779. The zero-order chi connectivity index (χ0) is 16.4. The lowest BCUT2D eigenvalue weighted by Crippen LogP contribution is -2.24. The summed E-state index contributed by atoms with van der Waals surface area (Å²) < 4.78 is 47.4. The average Bonchev–Trinajstić information content (AvgIpc) is 3.15. The highest BCUT2D eigenvalue weighted by Crippen LogP contribution is 2.30. The van der Waals surface area contributed by atoms with Crippen molar-refractivity contribution in [2.75, 3.05) is 18.0 Å². The van der Waals surface area contributed by atoms with Gasteiger partial charge in [-0.2, -0.15) is 17.5 Å². The van der Waals surface area contributed by atoms with Crippen LogP contribution in [-0.2, 0) is 12.6 Å². The zero-order valence-corrected chi connectivity index (χ0v) is 13.2. The molecule has 1 aliphatic heterocycles. The molecule has 3 rings (SSSR count). The Hall–Kier alpha value is -1.90. The topological polar surface area (TPSA) is 51.1 Å². The van der Waals surface area contributed by atoms with Gasteiger partial charge in [-0.25, -0.2) is 9.97 Å². The van der Waals surface area contributed by atoms with Crippen LogP contribution in [0.4, 0.5) is 18.3 Å². The zero-order valence-electron chi connectivity index (χ0n) is 12.4. The van der Waals surface area contributed by atoms with Gasteiger partial charge in [0.25, 0.3) is 0 Å². The molecule has 1 unspecified atom stereocenters. The largest absolute Gasteiger partial charge is 0.472 e. The lowest BCUT2D eigenvalue weighted by atomic mass is 10.3. The fourth-order valence-corrected chi connectivity index (χ4v) is 3.09. The summed E-state index contributed by atoms with van der Waals surface area (Å²) in [6, 6.07) is 2.24. The Bertz CT molecular complexity index is 659. The minimum atomic E-state index is -4.38. The Balaban J connectivity index is 1.59.